The number of rotatable bonds is 6. The zero-order valence-corrected chi connectivity index (χ0v) is 13.9. The quantitative estimate of drug-likeness (QED) is 0.488. The second-order valence-electron chi connectivity index (χ2n) is 5.91. The Hall–Kier alpha value is -3.24. The Morgan fingerprint density at radius 2 is 1.54 bits per heavy atom. The van der Waals surface area contributed by atoms with Gasteiger partial charge in [0.15, 0.2) is 6.04 Å². The number of ether oxygens (including phenoxy) is 1. The lowest BCUT2D eigenvalue weighted by Crippen LogP contribution is -2.55. The van der Waals surface area contributed by atoms with E-state index in [1.807, 2.05) is 0 Å². The van der Waals surface area contributed by atoms with Crippen molar-refractivity contribution in [3.8, 4) is 0 Å². The lowest BCUT2D eigenvalue weighted by Gasteiger charge is -2.31. The lowest BCUT2D eigenvalue weighted by atomic mass is 9.98. The van der Waals surface area contributed by atoms with Crippen LogP contribution in [0.3, 0.4) is 0 Å². The van der Waals surface area contributed by atoms with Gasteiger partial charge < -0.3 is 9.84 Å². The Labute approximate surface area is 147 Å². The van der Waals surface area contributed by atoms with Crippen molar-refractivity contribution in [2.45, 2.75) is 38.8 Å². The number of carbonyl (C=O) groups excluding carboxylic acids is 5. The highest BCUT2D eigenvalue weighted by molar-refractivity contribution is 6.14. The van der Waals surface area contributed by atoms with E-state index in [1.54, 1.807) is 0 Å². The van der Waals surface area contributed by atoms with Crippen LogP contribution in [0.25, 0.3) is 0 Å². The zero-order chi connectivity index (χ0) is 19.6. The molecule has 2 rings (SSSR count). The smallest absolute Gasteiger partial charge is 0.480 e. The van der Waals surface area contributed by atoms with Crippen LogP contribution in [0, 0.1) is 5.92 Å². The van der Waals surface area contributed by atoms with Gasteiger partial charge in [-0.15, -0.1) is 0 Å². The summed E-state index contributed by atoms with van der Waals surface area (Å²) in [4.78, 5) is 75.0. The molecular formula is C15H16N2O9. The number of hydroxylamine groups is 2. The molecule has 2 atom stereocenters. The van der Waals surface area contributed by atoms with Crippen molar-refractivity contribution in [3.63, 3.8) is 0 Å². The monoisotopic (exact) mass is 368 g/mol. The summed E-state index contributed by atoms with van der Waals surface area (Å²) >= 11 is 0. The molecule has 2 aliphatic heterocycles. The molecule has 0 radical (unpaired) electrons. The average Bonchev–Trinajstić information content (AvgIpc) is 3.03. The van der Waals surface area contributed by atoms with Gasteiger partial charge in [-0.3, -0.25) is 28.9 Å². The molecule has 2 unspecified atom stereocenters. The van der Waals surface area contributed by atoms with Gasteiger partial charge in [-0.05, 0) is 5.92 Å². The summed E-state index contributed by atoms with van der Waals surface area (Å²) in [7, 11) is 0. The molecule has 2 aliphatic rings. The maximum atomic E-state index is 11.9. The van der Waals surface area contributed by atoms with Crippen molar-refractivity contribution in [2.24, 2.45) is 5.92 Å². The molecule has 0 aliphatic carbocycles. The van der Waals surface area contributed by atoms with Gasteiger partial charge in [0.05, 0.1) is 0 Å². The third kappa shape index (κ3) is 3.71. The van der Waals surface area contributed by atoms with Crippen molar-refractivity contribution in [2.75, 3.05) is 0 Å². The molecule has 26 heavy (non-hydrogen) atoms. The first-order chi connectivity index (χ1) is 12.1. The molecule has 11 heteroatoms. The molecule has 0 spiro atoms. The first-order valence-corrected chi connectivity index (χ1v) is 7.66. The third-order valence-electron chi connectivity index (χ3n) is 3.75. The van der Waals surface area contributed by atoms with Gasteiger partial charge in [-0.1, -0.05) is 18.9 Å². The highest BCUT2D eigenvalue weighted by Crippen LogP contribution is 2.22. The normalized spacial score (nSPS) is 19.3. The molecule has 0 aromatic carbocycles. The standard InChI is InChI=1S/C15H16N2O9/c1-7(2)13(12(14(22)23)16-8(18)3-4-9(16)19)25-15(24)26-17-10(20)5-6-11(17)21/h3-4,7,12-13H,5-6H2,1-2H3,(H,22,23). The van der Waals surface area contributed by atoms with Gasteiger partial charge in [0.1, 0.15) is 6.10 Å². The first kappa shape index (κ1) is 19.1. The second kappa shape index (κ2) is 7.33. The van der Waals surface area contributed by atoms with E-state index in [2.05, 4.69) is 4.84 Å². The van der Waals surface area contributed by atoms with Crippen LogP contribution < -0.4 is 0 Å². The van der Waals surface area contributed by atoms with Gasteiger partial charge in [0.2, 0.25) is 0 Å². The topological polar surface area (TPSA) is 148 Å². The maximum Gasteiger partial charge on any atom is 0.534 e. The molecule has 0 aromatic heterocycles. The fraction of sp³-hybridized carbons (Fsp3) is 0.467. The summed E-state index contributed by atoms with van der Waals surface area (Å²) in [6, 6.07) is -1.80. The van der Waals surface area contributed by atoms with Crippen LogP contribution in [0.15, 0.2) is 12.2 Å². The number of aliphatic carboxylic acids is 1. The van der Waals surface area contributed by atoms with E-state index < -0.39 is 53.8 Å². The molecule has 0 bridgehead atoms. The molecule has 0 aromatic rings. The van der Waals surface area contributed by atoms with Crippen molar-refractivity contribution >= 4 is 35.8 Å². The van der Waals surface area contributed by atoms with Crippen LogP contribution in [0.2, 0.25) is 0 Å². The minimum Gasteiger partial charge on any atom is -0.480 e. The number of carboxylic acid groups (broad SMARTS) is 1. The van der Waals surface area contributed by atoms with Crippen molar-refractivity contribution < 1.29 is 43.4 Å². The number of carboxylic acids is 1. The van der Waals surface area contributed by atoms with E-state index in [0.29, 0.717) is 4.90 Å². The summed E-state index contributed by atoms with van der Waals surface area (Å²) in [6.45, 7) is 3.00. The van der Waals surface area contributed by atoms with Crippen LogP contribution >= 0.6 is 0 Å². The third-order valence-corrected chi connectivity index (χ3v) is 3.75. The molecule has 1 saturated heterocycles. The van der Waals surface area contributed by atoms with E-state index in [4.69, 9.17) is 4.74 Å². The molecule has 4 amide bonds. The van der Waals surface area contributed by atoms with Gasteiger partial charge in [-0.25, -0.2) is 9.59 Å². The number of hydrogen-bond donors (Lipinski definition) is 1. The predicted octanol–water partition coefficient (Wildman–Crippen LogP) is -0.394. The van der Waals surface area contributed by atoms with E-state index >= 15 is 0 Å². The Morgan fingerprint density at radius 1 is 1.04 bits per heavy atom. The zero-order valence-electron chi connectivity index (χ0n) is 13.9. The number of carbonyl (C=O) groups is 6. The minimum atomic E-state index is -1.80. The molecule has 1 fully saturated rings. The number of nitrogens with zero attached hydrogens (tertiary/aromatic N) is 2. The number of amides is 4. The van der Waals surface area contributed by atoms with E-state index in [0.717, 1.165) is 12.2 Å². The van der Waals surface area contributed by atoms with E-state index in [1.165, 1.54) is 13.8 Å². The fourth-order valence-electron chi connectivity index (χ4n) is 2.51. The van der Waals surface area contributed by atoms with Crippen molar-refractivity contribution in [3.05, 3.63) is 12.2 Å². The van der Waals surface area contributed by atoms with Crippen molar-refractivity contribution in [1.29, 1.82) is 0 Å². The molecule has 11 nitrogen and oxygen atoms in total. The van der Waals surface area contributed by atoms with Gasteiger partial charge in [0, 0.05) is 25.0 Å². The fourth-order valence-corrected chi connectivity index (χ4v) is 2.51. The summed E-state index contributed by atoms with van der Waals surface area (Å²) in [6.07, 6.45) is -1.42. The second-order valence-corrected chi connectivity index (χ2v) is 5.91. The first-order valence-electron chi connectivity index (χ1n) is 7.66. The van der Waals surface area contributed by atoms with Gasteiger partial charge in [-0.2, -0.15) is 0 Å². The number of imide groups is 2. The summed E-state index contributed by atoms with van der Waals surface area (Å²) in [5, 5.41) is 9.68. The molecular weight excluding hydrogens is 352 g/mol. The van der Waals surface area contributed by atoms with E-state index in [-0.39, 0.29) is 17.9 Å². The summed E-state index contributed by atoms with van der Waals surface area (Å²) < 4.78 is 4.94. The minimum absolute atomic E-state index is 0.125. The highest BCUT2D eigenvalue weighted by Gasteiger charge is 2.45. The van der Waals surface area contributed by atoms with Crippen LogP contribution in [-0.2, 0) is 33.5 Å². The van der Waals surface area contributed by atoms with Gasteiger partial charge >= 0.3 is 12.1 Å². The highest BCUT2D eigenvalue weighted by atomic mass is 16.8. The van der Waals surface area contributed by atoms with E-state index in [9.17, 15) is 33.9 Å². The van der Waals surface area contributed by atoms with Crippen LogP contribution in [0.5, 0.6) is 0 Å². The molecule has 1 N–H and O–H groups in total. The molecule has 2 heterocycles. The Balaban J connectivity index is 2.18. The van der Waals surface area contributed by atoms with Crippen LogP contribution in [0.4, 0.5) is 4.79 Å². The van der Waals surface area contributed by atoms with Crippen LogP contribution in [0.1, 0.15) is 26.7 Å². The summed E-state index contributed by atoms with van der Waals surface area (Å²) in [5.41, 5.74) is 0. The van der Waals surface area contributed by atoms with Crippen molar-refractivity contribution in [1.82, 2.24) is 9.96 Å². The van der Waals surface area contributed by atoms with Gasteiger partial charge in [0.25, 0.3) is 23.6 Å². The Kier molecular flexibility index (Phi) is 5.38. The Bertz CT molecular complexity index is 678. The molecule has 0 saturated carbocycles. The average molecular weight is 368 g/mol. The lowest BCUT2D eigenvalue weighted by molar-refractivity contribution is -0.182. The Morgan fingerprint density at radius 3 is 1.96 bits per heavy atom. The maximum absolute atomic E-state index is 11.9. The summed E-state index contributed by atoms with van der Waals surface area (Å²) in [5.74, 6) is -5.43. The SMILES string of the molecule is CC(C)C(OC(=O)ON1C(=O)CCC1=O)C(C(=O)O)N1C(=O)C=CC1=O. The van der Waals surface area contributed by atoms with Crippen LogP contribution in [-0.4, -0.2) is 63.0 Å². The number of hydrogen-bond acceptors (Lipinski definition) is 8. The predicted molar refractivity (Wildman–Crippen MR) is 79.7 cm³/mol. The molecule has 140 valence electrons. The largest absolute Gasteiger partial charge is 0.534 e.